The van der Waals surface area contributed by atoms with Crippen molar-refractivity contribution in [1.29, 1.82) is 0 Å². The lowest BCUT2D eigenvalue weighted by Crippen LogP contribution is -2.32. The number of nitrogens with two attached hydrogens (primary N) is 1. The molecule has 1 saturated carbocycles. The molecule has 2 heterocycles. The zero-order valence-corrected chi connectivity index (χ0v) is 12.5. The van der Waals surface area contributed by atoms with E-state index >= 15 is 0 Å². The summed E-state index contributed by atoms with van der Waals surface area (Å²) in [6, 6.07) is 2.52. The second-order valence-corrected chi connectivity index (χ2v) is 6.29. The van der Waals surface area contributed by atoms with Crippen LogP contribution in [-0.4, -0.2) is 16.0 Å². The fourth-order valence-corrected chi connectivity index (χ4v) is 3.87. The zero-order chi connectivity index (χ0) is 13.9. The van der Waals surface area contributed by atoms with Crippen molar-refractivity contribution in [2.75, 3.05) is 10.7 Å². The van der Waals surface area contributed by atoms with E-state index in [2.05, 4.69) is 27.6 Å². The number of nitrogen functional groups attached to an aromatic ring is 1. The molecule has 1 aliphatic rings. The van der Waals surface area contributed by atoms with Gasteiger partial charge in [0, 0.05) is 6.04 Å². The highest BCUT2D eigenvalue weighted by Crippen LogP contribution is 2.33. The minimum atomic E-state index is 0.474. The van der Waals surface area contributed by atoms with E-state index in [0.717, 1.165) is 22.0 Å². The number of nitrogens with one attached hydrogen (secondary N) is 2. The summed E-state index contributed by atoms with van der Waals surface area (Å²) in [7, 11) is 0. The highest BCUT2D eigenvalue weighted by atomic mass is 32.1. The normalized spacial score (nSPS) is 22.9. The first kappa shape index (κ1) is 13.6. The average molecular weight is 291 g/mol. The van der Waals surface area contributed by atoms with Crippen LogP contribution in [0.15, 0.2) is 11.4 Å². The largest absolute Gasteiger partial charge is 0.366 e. The minimum absolute atomic E-state index is 0.474. The number of hydrazine groups is 1. The molecule has 5 nitrogen and oxygen atoms in total. The molecule has 0 saturated heterocycles. The summed E-state index contributed by atoms with van der Waals surface area (Å²) < 4.78 is 1.12. The van der Waals surface area contributed by atoms with E-state index in [1.54, 1.807) is 11.3 Å². The van der Waals surface area contributed by atoms with E-state index in [1.165, 1.54) is 32.1 Å². The average Bonchev–Trinajstić information content (AvgIpc) is 2.96. The van der Waals surface area contributed by atoms with E-state index in [4.69, 9.17) is 5.84 Å². The van der Waals surface area contributed by atoms with Crippen LogP contribution in [0.2, 0.25) is 0 Å². The molecule has 1 aliphatic carbocycles. The van der Waals surface area contributed by atoms with E-state index in [0.29, 0.717) is 12.0 Å². The predicted molar refractivity (Wildman–Crippen MR) is 84.9 cm³/mol. The van der Waals surface area contributed by atoms with Gasteiger partial charge in [-0.1, -0.05) is 26.2 Å². The first-order valence-electron chi connectivity index (χ1n) is 7.30. The fourth-order valence-electron chi connectivity index (χ4n) is 3.09. The Hall–Kier alpha value is -1.40. The third-order valence-electron chi connectivity index (χ3n) is 4.19. The molecule has 0 radical (unpaired) electrons. The van der Waals surface area contributed by atoms with E-state index in [1.807, 2.05) is 11.4 Å². The molecule has 0 spiro atoms. The van der Waals surface area contributed by atoms with Crippen LogP contribution in [-0.2, 0) is 0 Å². The number of fused-ring (bicyclic) bond motifs is 1. The molecule has 2 atom stereocenters. The Morgan fingerprint density at radius 3 is 3.00 bits per heavy atom. The maximum atomic E-state index is 5.47. The van der Waals surface area contributed by atoms with Crippen molar-refractivity contribution < 1.29 is 0 Å². The van der Waals surface area contributed by atoms with Crippen LogP contribution < -0.4 is 16.6 Å². The van der Waals surface area contributed by atoms with Crippen molar-refractivity contribution in [2.24, 2.45) is 11.8 Å². The molecule has 4 N–H and O–H groups in total. The molecule has 2 aromatic heterocycles. The molecule has 2 unspecified atom stereocenters. The van der Waals surface area contributed by atoms with Gasteiger partial charge in [0.05, 0.1) is 10.2 Å². The summed E-state index contributed by atoms with van der Waals surface area (Å²) in [5, 5.41) is 5.69. The van der Waals surface area contributed by atoms with Crippen LogP contribution in [0.25, 0.3) is 10.2 Å². The highest BCUT2D eigenvalue weighted by Gasteiger charge is 2.24. The molecule has 108 valence electrons. The van der Waals surface area contributed by atoms with Crippen LogP contribution in [0.5, 0.6) is 0 Å². The van der Waals surface area contributed by atoms with Crippen molar-refractivity contribution in [1.82, 2.24) is 9.97 Å². The van der Waals surface area contributed by atoms with Gasteiger partial charge in [0.1, 0.15) is 5.82 Å². The standard InChI is InChI=1S/C14H21N5S/c1-2-9-5-3-4-6-10(9)16-13-12-11(7-8-20-12)17-14(18-13)19-15/h7-10H,2-6,15H2,1H3,(H2,16,17,18,19). The molecular weight excluding hydrogens is 270 g/mol. The molecule has 0 aliphatic heterocycles. The van der Waals surface area contributed by atoms with Crippen LogP contribution in [0.4, 0.5) is 11.8 Å². The van der Waals surface area contributed by atoms with Gasteiger partial charge in [0.15, 0.2) is 0 Å². The van der Waals surface area contributed by atoms with Gasteiger partial charge in [-0.2, -0.15) is 4.98 Å². The molecule has 0 amide bonds. The first-order valence-corrected chi connectivity index (χ1v) is 8.18. The molecule has 1 fully saturated rings. The number of nitrogens with zero attached hydrogens (tertiary/aromatic N) is 2. The van der Waals surface area contributed by atoms with Crippen LogP contribution in [0.3, 0.4) is 0 Å². The Bertz CT molecular complexity index is 582. The van der Waals surface area contributed by atoms with E-state index in [-0.39, 0.29) is 0 Å². The number of hydrogen-bond donors (Lipinski definition) is 3. The zero-order valence-electron chi connectivity index (χ0n) is 11.7. The lowest BCUT2D eigenvalue weighted by molar-refractivity contribution is 0.317. The van der Waals surface area contributed by atoms with Crippen molar-refractivity contribution >= 4 is 33.3 Å². The van der Waals surface area contributed by atoms with E-state index < -0.39 is 0 Å². The Morgan fingerprint density at radius 1 is 1.35 bits per heavy atom. The van der Waals surface area contributed by atoms with Crippen LogP contribution in [0.1, 0.15) is 39.0 Å². The fraction of sp³-hybridized carbons (Fsp3) is 0.571. The Morgan fingerprint density at radius 2 is 2.20 bits per heavy atom. The maximum Gasteiger partial charge on any atom is 0.239 e. The predicted octanol–water partition coefficient (Wildman–Crippen LogP) is 3.36. The molecule has 2 aromatic rings. The SMILES string of the molecule is CCC1CCCCC1Nc1nc(NN)nc2ccsc12. The summed E-state index contributed by atoms with van der Waals surface area (Å²) in [5.41, 5.74) is 3.50. The number of anilines is 2. The lowest BCUT2D eigenvalue weighted by atomic mass is 9.83. The van der Waals surface area contributed by atoms with Gasteiger partial charge in [-0.3, -0.25) is 5.43 Å². The van der Waals surface area contributed by atoms with Gasteiger partial charge in [-0.05, 0) is 30.2 Å². The molecule has 6 heteroatoms. The molecular formula is C14H21N5S. The molecule has 0 bridgehead atoms. The quantitative estimate of drug-likeness (QED) is 0.595. The molecule has 0 aromatic carbocycles. The van der Waals surface area contributed by atoms with Crippen molar-refractivity contribution in [3.05, 3.63) is 11.4 Å². The Labute approximate surface area is 123 Å². The third-order valence-corrected chi connectivity index (χ3v) is 5.10. The van der Waals surface area contributed by atoms with Gasteiger partial charge in [0.2, 0.25) is 5.95 Å². The van der Waals surface area contributed by atoms with Crippen molar-refractivity contribution in [3.63, 3.8) is 0 Å². The smallest absolute Gasteiger partial charge is 0.239 e. The Kier molecular flexibility index (Phi) is 4.03. The third kappa shape index (κ3) is 2.58. The summed E-state index contributed by atoms with van der Waals surface area (Å²) in [6.45, 7) is 2.28. The summed E-state index contributed by atoms with van der Waals surface area (Å²) in [6.07, 6.45) is 6.41. The Balaban J connectivity index is 1.90. The maximum absolute atomic E-state index is 5.47. The lowest BCUT2D eigenvalue weighted by Gasteiger charge is -2.32. The second-order valence-electron chi connectivity index (χ2n) is 5.38. The summed E-state index contributed by atoms with van der Waals surface area (Å²) in [5.74, 6) is 7.60. The summed E-state index contributed by atoms with van der Waals surface area (Å²) >= 11 is 1.67. The van der Waals surface area contributed by atoms with Gasteiger partial charge in [-0.25, -0.2) is 10.8 Å². The van der Waals surface area contributed by atoms with Gasteiger partial charge in [-0.15, -0.1) is 11.3 Å². The van der Waals surface area contributed by atoms with Gasteiger partial charge >= 0.3 is 0 Å². The second kappa shape index (κ2) is 5.93. The van der Waals surface area contributed by atoms with Crippen molar-refractivity contribution in [3.8, 4) is 0 Å². The van der Waals surface area contributed by atoms with E-state index in [9.17, 15) is 0 Å². The number of rotatable bonds is 4. The van der Waals surface area contributed by atoms with Crippen LogP contribution in [0, 0.1) is 5.92 Å². The first-order chi connectivity index (χ1) is 9.81. The minimum Gasteiger partial charge on any atom is -0.366 e. The topological polar surface area (TPSA) is 75.9 Å². The molecule has 20 heavy (non-hydrogen) atoms. The number of aromatic nitrogens is 2. The van der Waals surface area contributed by atoms with Crippen molar-refractivity contribution in [2.45, 2.75) is 45.1 Å². The van der Waals surface area contributed by atoms with Gasteiger partial charge in [0.25, 0.3) is 0 Å². The van der Waals surface area contributed by atoms with Gasteiger partial charge < -0.3 is 5.32 Å². The van der Waals surface area contributed by atoms with Crippen LogP contribution >= 0.6 is 11.3 Å². The monoisotopic (exact) mass is 291 g/mol. The number of hydrogen-bond acceptors (Lipinski definition) is 6. The molecule has 3 rings (SSSR count). The number of thiophene rings is 1. The highest BCUT2D eigenvalue weighted by molar-refractivity contribution is 7.17. The summed E-state index contributed by atoms with van der Waals surface area (Å²) in [4.78, 5) is 8.88.